The SMILES string of the molecule is CC1(C)CN(c2cc([C@@H](CO[C@@H]3CCCN(CCCc4ccc5c(n4)NCCC5)C3)CC(=O)O)ccc2F)CCO1. The molecular weight excluding hydrogens is 523 g/mol. The van der Waals surface area contributed by atoms with E-state index in [2.05, 4.69) is 22.3 Å². The predicted molar refractivity (Wildman–Crippen MR) is 158 cm³/mol. The molecule has 0 amide bonds. The van der Waals surface area contributed by atoms with Crippen LogP contribution in [0.1, 0.15) is 68.7 Å². The third kappa shape index (κ3) is 8.17. The number of ether oxygens (including phenoxy) is 2. The van der Waals surface area contributed by atoms with Crippen molar-refractivity contribution in [1.29, 1.82) is 0 Å². The molecule has 2 N–H and O–H groups in total. The first-order chi connectivity index (χ1) is 19.8. The number of nitrogens with zero attached hydrogens (tertiary/aromatic N) is 3. The van der Waals surface area contributed by atoms with Crippen molar-refractivity contribution < 1.29 is 23.8 Å². The number of carbonyl (C=O) groups is 1. The standard InChI is InChI=1S/C32H45FN4O4/c1-32(2)22-37(16-17-41-32)29-18-24(10-12-28(29)33)25(19-30(38)39)21-40-27-8-5-15-36(20-27)14-4-7-26-11-9-23-6-3-13-34-31(23)35-26/h9-12,18,25,27H,3-8,13-17,19-22H2,1-2H3,(H,34,35)(H,38,39)/t25-,27-/m1/s1. The minimum atomic E-state index is -0.881. The van der Waals surface area contributed by atoms with Gasteiger partial charge in [0.15, 0.2) is 0 Å². The second-order valence-corrected chi connectivity index (χ2v) is 12.4. The van der Waals surface area contributed by atoms with E-state index in [9.17, 15) is 14.3 Å². The maximum absolute atomic E-state index is 14.9. The molecule has 9 heteroatoms. The molecule has 0 unspecified atom stereocenters. The number of benzene rings is 1. The number of halogens is 1. The summed E-state index contributed by atoms with van der Waals surface area (Å²) >= 11 is 0. The van der Waals surface area contributed by atoms with Crippen LogP contribution in [0.3, 0.4) is 0 Å². The number of carboxylic acid groups (broad SMARTS) is 1. The quantitative estimate of drug-likeness (QED) is 0.397. The van der Waals surface area contributed by atoms with Crippen LogP contribution in [-0.4, -0.2) is 85.1 Å². The fourth-order valence-corrected chi connectivity index (χ4v) is 6.33. The van der Waals surface area contributed by atoms with Crippen LogP contribution in [-0.2, 0) is 27.1 Å². The Hall–Kier alpha value is -2.75. The topological polar surface area (TPSA) is 87.2 Å². The molecule has 4 heterocycles. The number of pyridine rings is 1. The van der Waals surface area contributed by atoms with Crippen molar-refractivity contribution >= 4 is 17.5 Å². The van der Waals surface area contributed by atoms with Crippen LogP contribution in [0.2, 0.25) is 0 Å². The Morgan fingerprint density at radius 2 is 2.15 bits per heavy atom. The second-order valence-electron chi connectivity index (χ2n) is 12.4. The zero-order valence-corrected chi connectivity index (χ0v) is 24.5. The van der Waals surface area contributed by atoms with E-state index in [0.29, 0.717) is 32.0 Å². The van der Waals surface area contributed by atoms with E-state index >= 15 is 0 Å². The highest BCUT2D eigenvalue weighted by atomic mass is 19.1. The van der Waals surface area contributed by atoms with E-state index in [-0.39, 0.29) is 29.9 Å². The van der Waals surface area contributed by atoms with Crippen molar-refractivity contribution in [2.45, 2.75) is 76.4 Å². The van der Waals surface area contributed by atoms with E-state index < -0.39 is 5.97 Å². The van der Waals surface area contributed by atoms with Gasteiger partial charge in [-0.2, -0.15) is 0 Å². The summed E-state index contributed by atoms with van der Waals surface area (Å²) in [7, 11) is 0. The number of piperidine rings is 1. The third-order valence-corrected chi connectivity index (χ3v) is 8.48. The molecule has 0 radical (unpaired) electrons. The van der Waals surface area contributed by atoms with Crippen LogP contribution in [0.15, 0.2) is 30.3 Å². The Bertz CT molecular complexity index is 1190. The molecule has 41 heavy (non-hydrogen) atoms. The van der Waals surface area contributed by atoms with Crippen LogP contribution in [0, 0.1) is 5.82 Å². The Kier molecular flexibility index (Phi) is 9.78. The summed E-state index contributed by atoms with van der Waals surface area (Å²) in [5.41, 5.74) is 3.39. The molecule has 1 aromatic carbocycles. The number of morpholine rings is 1. The summed E-state index contributed by atoms with van der Waals surface area (Å²) in [6.45, 7) is 9.88. The lowest BCUT2D eigenvalue weighted by Crippen LogP contribution is -2.48. The van der Waals surface area contributed by atoms with Crippen molar-refractivity contribution in [3.8, 4) is 0 Å². The van der Waals surface area contributed by atoms with Crippen LogP contribution < -0.4 is 10.2 Å². The molecule has 8 nitrogen and oxygen atoms in total. The monoisotopic (exact) mass is 568 g/mol. The van der Waals surface area contributed by atoms with Crippen molar-refractivity contribution in [2.24, 2.45) is 0 Å². The fraction of sp³-hybridized carbons (Fsp3) is 0.625. The highest BCUT2D eigenvalue weighted by Gasteiger charge is 2.30. The van der Waals surface area contributed by atoms with Crippen molar-refractivity contribution in [1.82, 2.24) is 9.88 Å². The van der Waals surface area contributed by atoms with Gasteiger partial charge in [0.1, 0.15) is 11.6 Å². The van der Waals surface area contributed by atoms with Gasteiger partial charge < -0.3 is 29.7 Å². The summed E-state index contributed by atoms with van der Waals surface area (Å²) in [5.74, 6) is -0.474. The first kappa shape index (κ1) is 29.7. The predicted octanol–water partition coefficient (Wildman–Crippen LogP) is 4.87. The average molecular weight is 569 g/mol. The van der Waals surface area contributed by atoms with Crippen LogP contribution in [0.25, 0.3) is 0 Å². The Morgan fingerprint density at radius 3 is 2.98 bits per heavy atom. The molecule has 1 aromatic heterocycles. The first-order valence-electron chi connectivity index (χ1n) is 15.2. The van der Waals surface area contributed by atoms with E-state index in [1.165, 1.54) is 18.1 Å². The van der Waals surface area contributed by atoms with E-state index in [1.807, 2.05) is 24.8 Å². The number of carboxylic acids is 1. The van der Waals surface area contributed by atoms with Crippen molar-refractivity contribution in [3.63, 3.8) is 0 Å². The van der Waals surface area contributed by atoms with E-state index in [1.54, 1.807) is 6.07 Å². The van der Waals surface area contributed by atoms with Gasteiger partial charge in [0.05, 0.1) is 37.0 Å². The molecule has 3 aliphatic rings. The van der Waals surface area contributed by atoms with Crippen LogP contribution >= 0.6 is 0 Å². The molecule has 2 aromatic rings. The van der Waals surface area contributed by atoms with Gasteiger partial charge in [0.25, 0.3) is 0 Å². The van der Waals surface area contributed by atoms with Crippen LogP contribution in [0.5, 0.6) is 0 Å². The summed E-state index contributed by atoms with van der Waals surface area (Å²) in [6, 6.07) is 9.35. The highest BCUT2D eigenvalue weighted by Crippen LogP contribution is 2.31. The average Bonchev–Trinajstić information content (AvgIpc) is 2.95. The number of aryl methyl sites for hydroxylation is 2. The zero-order valence-electron chi connectivity index (χ0n) is 24.5. The third-order valence-electron chi connectivity index (χ3n) is 8.48. The van der Waals surface area contributed by atoms with Crippen LogP contribution in [0.4, 0.5) is 15.9 Å². The maximum atomic E-state index is 14.9. The molecule has 2 saturated heterocycles. The number of aromatic nitrogens is 1. The van der Waals surface area contributed by atoms with Gasteiger partial charge in [-0.05, 0) is 94.8 Å². The van der Waals surface area contributed by atoms with Gasteiger partial charge in [0.2, 0.25) is 0 Å². The number of likely N-dealkylation sites (tertiary alicyclic amines) is 1. The summed E-state index contributed by atoms with van der Waals surface area (Å²) in [4.78, 5) is 21.0. The lowest BCUT2D eigenvalue weighted by atomic mass is 9.95. The Balaban J connectivity index is 1.15. The van der Waals surface area contributed by atoms with Gasteiger partial charge in [-0.3, -0.25) is 4.79 Å². The Morgan fingerprint density at radius 1 is 1.27 bits per heavy atom. The number of hydrogen-bond donors (Lipinski definition) is 2. The molecule has 2 fully saturated rings. The second kappa shape index (κ2) is 13.5. The lowest BCUT2D eigenvalue weighted by Gasteiger charge is -2.39. The molecule has 224 valence electrons. The number of fused-ring (bicyclic) bond motifs is 1. The smallest absolute Gasteiger partial charge is 0.304 e. The van der Waals surface area contributed by atoms with E-state index in [4.69, 9.17) is 14.5 Å². The highest BCUT2D eigenvalue weighted by molar-refractivity contribution is 5.68. The molecule has 3 aliphatic heterocycles. The number of anilines is 2. The molecular formula is C32H45FN4O4. The zero-order chi connectivity index (χ0) is 28.8. The van der Waals surface area contributed by atoms with Gasteiger partial charge in [-0.25, -0.2) is 9.37 Å². The molecule has 0 aliphatic carbocycles. The molecule has 2 atom stereocenters. The number of rotatable bonds is 11. The maximum Gasteiger partial charge on any atom is 0.304 e. The first-order valence-corrected chi connectivity index (χ1v) is 15.2. The van der Waals surface area contributed by atoms with Gasteiger partial charge >= 0.3 is 5.97 Å². The molecule has 5 rings (SSSR count). The summed E-state index contributed by atoms with van der Waals surface area (Å²) < 4.78 is 27.0. The van der Waals surface area contributed by atoms with Gasteiger partial charge in [0, 0.05) is 37.8 Å². The normalized spacial score (nSPS) is 21.6. The fourth-order valence-electron chi connectivity index (χ4n) is 6.33. The largest absolute Gasteiger partial charge is 0.481 e. The number of aliphatic carboxylic acids is 1. The van der Waals surface area contributed by atoms with Gasteiger partial charge in [-0.15, -0.1) is 0 Å². The van der Waals surface area contributed by atoms with E-state index in [0.717, 1.165) is 75.4 Å². The number of hydrogen-bond acceptors (Lipinski definition) is 7. The lowest BCUT2D eigenvalue weighted by molar-refractivity contribution is -0.138. The molecule has 0 spiro atoms. The molecule has 0 bridgehead atoms. The summed E-state index contributed by atoms with van der Waals surface area (Å²) in [5, 5.41) is 13.1. The minimum Gasteiger partial charge on any atom is -0.481 e. The van der Waals surface area contributed by atoms with Crippen molar-refractivity contribution in [2.75, 3.05) is 62.7 Å². The minimum absolute atomic E-state index is 0.0568. The van der Waals surface area contributed by atoms with Crippen molar-refractivity contribution in [3.05, 3.63) is 53.0 Å². The summed E-state index contributed by atoms with van der Waals surface area (Å²) in [6.07, 6.45) is 6.29. The Labute approximate surface area is 243 Å². The van der Waals surface area contributed by atoms with Gasteiger partial charge in [-0.1, -0.05) is 12.1 Å². The number of nitrogens with one attached hydrogen (secondary N) is 1. The molecule has 0 saturated carbocycles.